The zero-order chi connectivity index (χ0) is 21.3. The molecule has 1 aromatic heterocycles. The molecule has 2 heterocycles. The van der Waals surface area contributed by atoms with Gasteiger partial charge in [-0.3, -0.25) is 4.99 Å². The molecule has 2 aromatic rings. The summed E-state index contributed by atoms with van der Waals surface area (Å²) in [7, 11) is 4.70. The van der Waals surface area contributed by atoms with E-state index >= 15 is 0 Å². The number of aliphatic imine (C=N–C) groups is 1. The molecule has 1 saturated carbocycles. The summed E-state index contributed by atoms with van der Waals surface area (Å²) >= 11 is 0. The minimum atomic E-state index is -0.327. The van der Waals surface area contributed by atoms with Crippen molar-refractivity contribution in [3.05, 3.63) is 35.0 Å². The average Bonchev–Trinajstić information content (AvgIpc) is 2.78. The molecule has 0 bridgehead atoms. The predicted molar refractivity (Wildman–Crippen MR) is 119 cm³/mol. The van der Waals surface area contributed by atoms with Crippen LogP contribution in [0, 0.1) is 0 Å². The number of aromatic nitrogens is 2. The number of nitrogens with zero attached hydrogens (tertiary/aromatic N) is 3. The second-order valence-electron chi connectivity index (χ2n) is 7.42. The highest BCUT2D eigenvalue weighted by molar-refractivity contribution is 6.16. The number of rotatable bonds is 6. The fraction of sp³-hybridized carbons (Fsp3) is 0.500. The Kier molecular flexibility index (Phi) is 7.23. The summed E-state index contributed by atoms with van der Waals surface area (Å²) in [6.07, 6.45) is 3.56. The molecule has 3 atom stereocenters. The van der Waals surface area contributed by atoms with Crippen molar-refractivity contribution in [3.63, 3.8) is 0 Å². The van der Waals surface area contributed by atoms with E-state index < -0.39 is 0 Å². The van der Waals surface area contributed by atoms with E-state index in [4.69, 9.17) is 23.9 Å². The van der Waals surface area contributed by atoms with Crippen LogP contribution in [0.25, 0.3) is 0 Å². The summed E-state index contributed by atoms with van der Waals surface area (Å²) in [5, 5.41) is 10.3. The average molecular weight is 450 g/mol. The first-order valence-electron chi connectivity index (χ1n) is 10.2. The molecule has 9 heteroatoms. The maximum Gasteiger partial charge on any atom is 0.319 e. The molecule has 31 heavy (non-hydrogen) atoms. The topological polar surface area (TPSA) is 95.3 Å². The monoisotopic (exact) mass is 449 g/mol. The lowest BCUT2D eigenvalue weighted by Gasteiger charge is -2.37. The number of halogens is 1. The van der Waals surface area contributed by atoms with E-state index in [1.807, 2.05) is 19.1 Å². The van der Waals surface area contributed by atoms with E-state index in [0.717, 1.165) is 29.7 Å². The van der Waals surface area contributed by atoms with Crippen LogP contribution in [-0.2, 0) is 0 Å². The van der Waals surface area contributed by atoms with Crippen LogP contribution in [0.15, 0.2) is 23.3 Å². The first-order chi connectivity index (χ1) is 14.6. The predicted octanol–water partition coefficient (Wildman–Crippen LogP) is 3.17. The van der Waals surface area contributed by atoms with Gasteiger partial charge in [0.1, 0.15) is 0 Å². The second-order valence-corrected chi connectivity index (χ2v) is 7.42. The number of fused-ring (bicyclic) bond motifs is 3. The van der Waals surface area contributed by atoms with Gasteiger partial charge in [0.25, 0.3) is 0 Å². The number of benzene rings is 1. The van der Waals surface area contributed by atoms with Crippen LogP contribution in [0.5, 0.6) is 23.4 Å². The molecule has 0 radical (unpaired) electrons. The molecular weight excluding hydrogens is 422 g/mol. The smallest absolute Gasteiger partial charge is 0.319 e. The SMILES string of the molecule is CCOc1cc2c(cc1OC)C(c1cnc(OC)nc1OC)=NC1CCC(O)CC21.Cl. The van der Waals surface area contributed by atoms with Gasteiger partial charge >= 0.3 is 6.01 Å². The van der Waals surface area contributed by atoms with E-state index in [1.165, 1.54) is 7.11 Å². The summed E-state index contributed by atoms with van der Waals surface area (Å²) in [5.74, 6) is 1.83. The van der Waals surface area contributed by atoms with Gasteiger partial charge in [-0.1, -0.05) is 0 Å². The van der Waals surface area contributed by atoms with Crippen LogP contribution in [-0.4, -0.2) is 60.9 Å². The molecule has 1 N–H and O–H groups in total. The number of ether oxygens (including phenoxy) is 4. The van der Waals surface area contributed by atoms with Gasteiger partial charge < -0.3 is 24.1 Å². The lowest BCUT2D eigenvalue weighted by Crippen LogP contribution is -2.34. The van der Waals surface area contributed by atoms with Crippen LogP contribution in [0.3, 0.4) is 0 Å². The lowest BCUT2D eigenvalue weighted by molar-refractivity contribution is 0.111. The maximum atomic E-state index is 10.3. The first kappa shape index (κ1) is 23.1. The summed E-state index contributed by atoms with van der Waals surface area (Å²) in [6, 6.07) is 4.26. The molecule has 1 fully saturated rings. The van der Waals surface area contributed by atoms with Crippen LogP contribution < -0.4 is 18.9 Å². The third-order valence-electron chi connectivity index (χ3n) is 5.73. The zero-order valence-corrected chi connectivity index (χ0v) is 18.9. The molecule has 1 aliphatic heterocycles. The third kappa shape index (κ3) is 4.27. The van der Waals surface area contributed by atoms with E-state index in [1.54, 1.807) is 20.4 Å². The number of methoxy groups -OCH3 is 3. The van der Waals surface area contributed by atoms with Gasteiger partial charge in [-0.2, -0.15) is 4.98 Å². The van der Waals surface area contributed by atoms with Crippen molar-refractivity contribution in [3.8, 4) is 23.4 Å². The van der Waals surface area contributed by atoms with Crippen molar-refractivity contribution < 1.29 is 24.1 Å². The highest BCUT2D eigenvalue weighted by Crippen LogP contribution is 2.45. The fourth-order valence-electron chi connectivity index (χ4n) is 4.35. The molecule has 1 aliphatic carbocycles. The number of aliphatic hydroxyl groups excluding tert-OH is 1. The Morgan fingerprint density at radius 3 is 2.52 bits per heavy atom. The van der Waals surface area contributed by atoms with Gasteiger partial charge in [-0.05, 0) is 43.9 Å². The summed E-state index contributed by atoms with van der Waals surface area (Å²) in [6.45, 7) is 2.48. The van der Waals surface area contributed by atoms with Crippen molar-refractivity contribution in [2.45, 2.75) is 44.2 Å². The fourth-order valence-corrected chi connectivity index (χ4v) is 4.35. The molecule has 2 aliphatic rings. The van der Waals surface area contributed by atoms with Crippen molar-refractivity contribution in [1.82, 2.24) is 9.97 Å². The van der Waals surface area contributed by atoms with Crippen molar-refractivity contribution in [2.75, 3.05) is 27.9 Å². The molecular formula is C22H28ClN3O5. The maximum absolute atomic E-state index is 10.3. The van der Waals surface area contributed by atoms with Crippen LogP contribution in [0.2, 0.25) is 0 Å². The van der Waals surface area contributed by atoms with Crippen LogP contribution >= 0.6 is 12.4 Å². The summed E-state index contributed by atoms with van der Waals surface area (Å²) < 4.78 is 22.1. The minimum absolute atomic E-state index is 0. The standard InChI is InChI=1S/C22H27N3O5.ClH/c1-5-30-19-9-13-14-8-12(26)6-7-17(14)24-20(15(13)10-18(19)27-2)16-11-23-22(29-4)25-21(16)28-3;/h9-12,14,17,26H,5-8H2,1-4H3;1H. The number of aliphatic hydroxyl groups is 1. The van der Waals surface area contributed by atoms with Gasteiger partial charge in [0.05, 0.1) is 51.4 Å². The molecule has 8 nitrogen and oxygen atoms in total. The molecule has 3 unspecified atom stereocenters. The van der Waals surface area contributed by atoms with E-state index in [9.17, 15) is 5.11 Å². The largest absolute Gasteiger partial charge is 0.493 e. The van der Waals surface area contributed by atoms with Crippen LogP contribution in [0.4, 0.5) is 0 Å². The van der Waals surface area contributed by atoms with E-state index in [-0.39, 0.29) is 36.5 Å². The lowest BCUT2D eigenvalue weighted by atomic mass is 9.74. The van der Waals surface area contributed by atoms with Gasteiger partial charge in [0.15, 0.2) is 11.5 Å². The number of hydrogen-bond donors (Lipinski definition) is 1. The Labute approximate surface area is 188 Å². The van der Waals surface area contributed by atoms with Crippen molar-refractivity contribution in [1.29, 1.82) is 0 Å². The Hall–Kier alpha value is -2.58. The highest BCUT2D eigenvalue weighted by Gasteiger charge is 2.38. The minimum Gasteiger partial charge on any atom is -0.493 e. The molecule has 1 aromatic carbocycles. The number of hydrogen-bond acceptors (Lipinski definition) is 8. The third-order valence-corrected chi connectivity index (χ3v) is 5.73. The quantitative estimate of drug-likeness (QED) is 0.723. The van der Waals surface area contributed by atoms with Gasteiger partial charge in [-0.15, -0.1) is 12.4 Å². The van der Waals surface area contributed by atoms with Gasteiger partial charge in [0, 0.05) is 17.7 Å². The van der Waals surface area contributed by atoms with E-state index in [2.05, 4.69) is 9.97 Å². The second kappa shape index (κ2) is 9.70. The Morgan fingerprint density at radius 2 is 1.84 bits per heavy atom. The van der Waals surface area contributed by atoms with Gasteiger partial charge in [-0.25, -0.2) is 4.98 Å². The highest BCUT2D eigenvalue weighted by atomic mass is 35.5. The first-order valence-corrected chi connectivity index (χ1v) is 10.2. The summed E-state index contributed by atoms with van der Waals surface area (Å²) in [5.41, 5.74) is 3.45. The van der Waals surface area contributed by atoms with Gasteiger partial charge in [0.2, 0.25) is 5.88 Å². The van der Waals surface area contributed by atoms with Crippen LogP contribution in [0.1, 0.15) is 48.8 Å². The molecule has 0 amide bonds. The molecule has 0 spiro atoms. The molecule has 0 saturated heterocycles. The Morgan fingerprint density at radius 1 is 1.03 bits per heavy atom. The normalized spacial score (nSPS) is 21.7. The Bertz CT molecular complexity index is 968. The van der Waals surface area contributed by atoms with Crippen molar-refractivity contribution in [2.24, 2.45) is 4.99 Å². The molecule has 4 rings (SSSR count). The Balaban J connectivity index is 0.00000272. The van der Waals surface area contributed by atoms with E-state index in [0.29, 0.717) is 36.0 Å². The zero-order valence-electron chi connectivity index (χ0n) is 18.1. The molecule has 168 valence electrons. The van der Waals surface area contributed by atoms with Crippen molar-refractivity contribution >= 4 is 18.1 Å². The summed E-state index contributed by atoms with van der Waals surface area (Å²) in [4.78, 5) is 13.7.